The highest BCUT2D eigenvalue weighted by Crippen LogP contribution is 2.63. The fourth-order valence-corrected chi connectivity index (χ4v) is 11.0. The minimum absolute atomic E-state index is 0.225. The van der Waals surface area contributed by atoms with Gasteiger partial charge in [0.2, 0.25) is 11.8 Å². The molecule has 3 aliphatic rings. The van der Waals surface area contributed by atoms with Crippen molar-refractivity contribution in [2.75, 3.05) is 13.1 Å². The number of allylic oxidation sites excluding steroid dienone is 2. The molecule has 2 aliphatic carbocycles. The predicted molar refractivity (Wildman–Crippen MR) is 210 cm³/mol. The number of hydrogen-bond donors (Lipinski definition) is 1. The summed E-state index contributed by atoms with van der Waals surface area (Å²) in [5.41, 5.74) is 0.891. The number of nitrogens with one attached hydrogen (secondary N) is 1. The van der Waals surface area contributed by atoms with E-state index in [1.54, 1.807) is 0 Å². The van der Waals surface area contributed by atoms with E-state index in [0.29, 0.717) is 35.5 Å². The molecule has 0 spiro atoms. The van der Waals surface area contributed by atoms with Crippen molar-refractivity contribution >= 4 is 11.8 Å². The lowest BCUT2D eigenvalue weighted by atomic mass is 9.52. The van der Waals surface area contributed by atoms with Crippen molar-refractivity contribution in [3.05, 3.63) is 12.2 Å². The third-order valence-electron chi connectivity index (χ3n) is 14.0. The van der Waals surface area contributed by atoms with Crippen molar-refractivity contribution < 1.29 is 9.59 Å². The normalized spacial score (nSPS) is 27.0. The summed E-state index contributed by atoms with van der Waals surface area (Å²) in [5, 5.41) is 3.35. The summed E-state index contributed by atoms with van der Waals surface area (Å²) in [6, 6.07) is 0.225. The molecule has 6 atom stereocenters. The molecule has 1 N–H and O–H groups in total. The van der Waals surface area contributed by atoms with Crippen molar-refractivity contribution in [3.63, 3.8) is 0 Å². The van der Waals surface area contributed by atoms with Crippen LogP contribution >= 0.6 is 0 Å². The molecule has 0 aromatic rings. The monoisotopic (exact) mass is 683 g/mol. The Bertz CT molecular complexity index is 965. The van der Waals surface area contributed by atoms with Gasteiger partial charge in [-0.25, -0.2) is 0 Å². The number of fused-ring (bicyclic) bond motifs is 1. The highest BCUT2D eigenvalue weighted by atomic mass is 16.2. The Morgan fingerprint density at radius 2 is 1.43 bits per heavy atom. The van der Waals surface area contributed by atoms with Crippen LogP contribution < -0.4 is 5.32 Å². The van der Waals surface area contributed by atoms with Crippen molar-refractivity contribution in [2.24, 2.45) is 40.4 Å². The highest BCUT2D eigenvalue weighted by molar-refractivity contribution is 5.77. The van der Waals surface area contributed by atoms with Gasteiger partial charge in [0.05, 0.1) is 0 Å². The summed E-state index contributed by atoms with van der Waals surface area (Å²) in [6.45, 7) is 18.9. The van der Waals surface area contributed by atoms with E-state index in [4.69, 9.17) is 0 Å². The van der Waals surface area contributed by atoms with Crippen LogP contribution in [0.2, 0.25) is 0 Å². The molecule has 2 saturated carbocycles. The third-order valence-corrected chi connectivity index (χ3v) is 14.0. The quantitative estimate of drug-likeness (QED) is 0.0861. The molecule has 4 heteroatoms. The Kier molecular flexibility index (Phi) is 18.8. The zero-order chi connectivity index (χ0) is 35.7. The predicted octanol–water partition coefficient (Wildman–Crippen LogP) is 12.5. The maximum absolute atomic E-state index is 13.0. The summed E-state index contributed by atoms with van der Waals surface area (Å²) < 4.78 is 0. The molecule has 49 heavy (non-hydrogen) atoms. The van der Waals surface area contributed by atoms with Gasteiger partial charge in [-0.1, -0.05) is 118 Å². The first-order valence-corrected chi connectivity index (χ1v) is 21.8. The van der Waals surface area contributed by atoms with Gasteiger partial charge in [-0.2, -0.15) is 0 Å². The van der Waals surface area contributed by atoms with Gasteiger partial charge in [0.1, 0.15) is 0 Å². The average Bonchev–Trinajstić information content (AvgIpc) is 3.43. The van der Waals surface area contributed by atoms with Gasteiger partial charge in [0.25, 0.3) is 0 Å². The number of piperidine rings is 1. The van der Waals surface area contributed by atoms with E-state index in [-0.39, 0.29) is 11.9 Å². The van der Waals surface area contributed by atoms with E-state index in [2.05, 4.69) is 70.8 Å². The second kappa shape index (κ2) is 21.9. The van der Waals surface area contributed by atoms with Gasteiger partial charge >= 0.3 is 0 Å². The molecular weight excluding hydrogens is 601 g/mol. The molecule has 1 aliphatic heterocycles. The van der Waals surface area contributed by atoms with Crippen molar-refractivity contribution in [2.45, 2.75) is 209 Å². The van der Waals surface area contributed by atoms with Crippen LogP contribution in [0.1, 0.15) is 203 Å². The molecule has 4 nitrogen and oxygen atoms in total. The first kappa shape index (κ1) is 42.1. The molecule has 6 unspecified atom stereocenters. The van der Waals surface area contributed by atoms with Gasteiger partial charge < -0.3 is 10.2 Å². The SMILES string of the molecule is CCCCCCCCC=CCCCCCCCC(=O)N1CCC(NC(=O)CCC(C)C2CCC3C(C)C(C(C)(C)CCC)CCC23C)CC1. The Hall–Kier alpha value is -1.32. The van der Waals surface area contributed by atoms with Crippen LogP contribution in [-0.4, -0.2) is 35.8 Å². The average molecular weight is 683 g/mol. The van der Waals surface area contributed by atoms with Crippen LogP contribution in [0.5, 0.6) is 0 Å². The van der Waals surface area contributed by atoms with Crippen LogP contribution in [0.15, 0.2) is 12.2 Å². The molecular formula is C45H82N2O2. The minimum Gasteiger partial charge on any atom is -0.353 e. The van der Waals surface area contributed by atoms with Gasteiger partial charge in [0, 0.05) is 32.0 Å². The molecule has 3 rings (SSSR count). The second-order valence-corrected chi connectivity index (χ2v) is 18.1. The number of hydrogen-bond acceptors (Lipinski definition) is 2. The lowest BCUT2D eigenvalue weighted by molar-refractivity contribution is -0.132. The number of rotatable bonds is 23. The number of amides is 2. The summed E-state index contributed by atoms with van der Waals surface area (Å²) in [5.74, 6) is 4.39. The van der Waals surface area contributed by atoms with E-state index in [0.717, 1.165) is 68.9 Å². The van der Waals surface area contributed by atoms with E-state index in [1.807, 2.05) is 0 Å². The van der Waals surface area contributed by atoms with Crippen molar-refractivity contribution in [1.82, 2.24) is 10.2 Å². The van der Waals surface area contributed by atoms with Crippen molar-refractivity contribution in [3.8, 4) is 0 Å². The van der Waals surface area contributed by atoms with E-state index < -0.39 is 0 Å². The molecule has 1 saturated heterocycles. The Morgan fingerprint density at radius 1 is 0.816 bits per heavy atom. The molecule has 3 fully saturated rings. The van der Waals surface area contributed by atoms with Gasteiger partial charge in [-0.15, -0.1) is 0 Å². The zero-order valence-corrected chi connectivity index (χ0v) is 33.8. The van der Waals surface area contributed by atoms with E-state index in [9.17, 15) is 9.59 Å². The number of nitrogens with zero attached hydrogens (tertiary/aromatic N) is 1. The lowest BCUT2D eigenvalue weighted by Gasteiger charge is -2.53. The molecule has 1 heterocycles. The van der Waals surface area contributed by atoms with Crippen LogP contribution in [-0.2, 0) is 9.59 Å². The second-order valence-electron chi connectivity index (χ2n) is 18.1. The first-order chi connectivity index (χ1) is 23.5. The van der Waals surface area contributed by atoms with Gasteiger partial charge in [-0.3, -0.25) is 9.59 Å². The largest absolute Gasteiger partial charge is 0.353 e. The topological polar surface area (TPSA) is 49.4 Å². The number of carbonyl (C=O) groups is 2. The minimum atomic E-state index is 0.225. The Balaban J connectivity index is 1.23. The number of carbonyl (C=O) groups excluding carboxylic acids is 2. The summed E-state index contributed by atoms with van der Waals surface area (Å²) >= 11 is 0. The standard InChI is InChI=1S/C45H82N2O2/c1-8-10-11-12-13-14-15-16-17-18-19-20-21-22-23-24-43(49)47-34-30-38(31-35-47)46-42(48)28-25-36(3)39-26-27-41-37(4)40(29-33-45(39,41)7)44(5,6)32-9-2/h16-17,36-41H,8-15,18-35H2,1-7H3,(H,46,48). The van der Waals surface area contributed by atoms with Crippen LogP contribution in [0.25, 0.3) is 0 Å². The summed E-state index contributed by atoms with van der Waals surface area (Å²) in [6.07, 6.45) is 33.7. The number of likely N-dealkylation sites (tertiary alicyclic amines) is 1. The molecule has 284 valence electrons. The van der Waals surface area contributed by atoms with Gasteiger partial charge in [0.15, 0.2) is 0 Å². The van der Waals surface area contributed by atoms with E-state index in [1.165, 1.54) is 109 Å². The van der Waals surface area contributed by atoms with Crippen LogP contribution in [0, 0.1) is 40.4 Å². The molecule has 2 amide bonds. The first-order valence-electron chi connectivity index (χ1n) is 21.8. The maximum atomic E-state index is 13.0. The number of unbranched alkanes of at least 4 members (excludes halogenated alkanes) is 11. The summed E-state index contributed by atoms with van der Waals surface area (Å²) in [4.78, 5) is 27.9. The third kappa shape index (κ3) is 13.3. The highest BCUT2D eigenvalue weighted by Gasteiger charge is 2.55. The van der Waals surface area contributed by atoms with Crippen LogP contribution in [0.3, 0.4) is 0 Å². The summed E-state index contributed by atoms with van der Waals surface area (Å²) in [7, 11) is 0. The maximum Gasteiger partial charge on any atom is 0.222 e. The lowest BCUT2D eigenvalue weighted by Crippen LogP contribution is -2.47. The van der Waals surface area contributed by atoms with Gasteiger partial charge in [-0.05, 0) is 124 Å². The molecule has 0 radical (unpaired) electrons. The van der Waals surface area contributed by atoms with Crippen LogP contribution in [0.4, 0.5) is 0 Å². The zero-order valence-electron chi connectivity index (χ0n) is 33.8. The smallest absolute Gasteiger partial charge is 0.222 e. The molecule has 0 aromatic carbocycles. The molecule has 0 bridgehead atoms. The van der Waals surface area contributed by atoms with E-state index >= 15 is 0 Å². The molecule has 0 aromatic heterocycles. The fourth-order valence-electron chi connectivity index (χ4n) is 11.0. The Labute approximate surface area is 305 Å². The van der Waals surface area contributed by atoms with Crippen molar-refractivity contribution in [1.29, 1.82) is 0 Å². The fraction of sp³-hybridized carbons (Fsp3) is 0.911. The Morgan fingerprint density at radius 3 is 2.06 bits per heavy atom.